The van der Waals surface area contributed by atoms with Gasteiger partial charge in [-0.05, 0) is 12.1 Å². The van der Waals surface area contributed by atoms with Crippen molar-refractivity contribution in [1.29, 1.82) is 5.39 Å². The summed E-state index contributed by atoms with van der Waals surface area (Å²) in [5.41, 5.74) is -1.25. The van der Waals surface area contributed by atoms with Crippen LogP contribution < -0.4 is 0 Å². The Kier molecular flexibility index (Phi) is 3.53. The summed E-state index contributed by atoms with van der Waals surface area (Å²) in [5.74, 6) is -0.635. The molecule has 100 valence electrons. The molecule has 2 rings (SSSR count). The number of carbonyl (C=O) groups excluding carboxylic acids is 1. The van der Waals surface area contributed by atoms with Crippen molar-refractivity contribution in [3.05, 3.63) is 70.2 Å². The van der Waals surface area contributed by atoms with Crippen molar-refractivity contribution in [3.63, 3.8) is 0 Å². The third kappa shape index (κ3) is 2.67. The fourth-order valence-electron chi connectivity index (χ4n) is 1.73. The highest BCUT2D eigenvalue weighted by Gasteiger charge is 2.34. The van der Waals surface area contributed by atoms with E-state index in [0.29, 0.717) is 6.07 Å². The number of alkyl halides is 3. The molecular formula is C14H8F3N2O+. The standard InChI is InChI=1S/C14H8F3N2O/c15-14(16,17)10-6-7-12(19-18)11(8-10)13(20)9-4-2-1-3-5-9/h1-8H/q+1. The second kappa shape index (κ2) is 5.13. The molecule has 0 heterocycles. The second-order valence-electron chi connectivity index (χ2n) is 4.02. The fraction of sp³-hybridized carbons (Fsp3) is 0.0714. The van der Waals surface area contributed by atoms with Gasteiger partial charge in [0, 0.05) is 11.6 Å². The molecule has 6 heteroatoms. The molecule has 0 atom stereocenters. The van der Waals surface area contributed by atoms with Crippen molar-refractivity contribution in [2.24, 2.45) is 0 Å². The monoisotopic (exact) mass is 277 g/mol. The van der Waals surface area contributed by atoms with Crippen LogP contribution >= 0.6 is 0 Å². The smallest absolute Gasteiger partial charge is 0.288 e. The molecule has 0 unspecified atom stereocenters. The van der Waals surface area contributed by atoms with E-state index in [0.717, 1.165) is 12.1 Å². The zero-order valence-corrected chi connectivity index (χ0v) is 10.1. The van der Waals surface area contributed by atoms with Gasteiger partial charge in [-0.1, -0.05) is 30.3 Å². The van der Waals surface area contributed by atoms with Gasteiger partial charge >= 0.3 is 11.9 Å². The van der Waals surface area contributed by atoms with Crippen LogP contribution in [0, 0.1) is 5.39 Å². The van der Waals surface area contributed by atoms with Crippen LogP contribution in [0.3, 0.4) is 0 Å². The average Bonchev–Trinajstić information content (AvgIpc) is 2.45. The van der Waals surface area contributed by atoms with Crippen LogP contribution in [0.5, 0.6) is 0 Å². The Balaban J connectivity index is 2.55. The van der Waals surface area contributed by atoms with Gasteiger partial charge in [0.25, 0.3) is 0 Å². The number of diazo groups is 1. The summed E-state index contributed by atoms with van der Waals surface area (Å²) in [7, 11) is 0. The maximum absolute atomic E-state index is 12.7. The van der Waals surface area contributed by atoms with Crippen molar-refractivity contribution < 1.29 is 18.0 Å². The van der Waals surface area contributed by atoms with Crippen LogP contribution in [0.15, 0.2) is 48.5 Å². The molecule has 0 aliphatic carbocycles. The number of halogens is 3. The maximum atomic E-state index is 12.7. The predicted octanol–water partition coefficient (Wildman–Crippen LogP) is 4.42. The first-order chi connectivity index (χ1) is 9.43. The third-order valence-electron chi connectivity index (χ3n) is 2.71. The summed E-state index contributed by atoms with van der Waals surface area (Å²) in [4.78, 5) is 15.0. The highest BCUT2D eigenvalue weighted by Crippen LogP contribution is 2.33. The predicted molar refractivity (Wildman–Crippen MR) is 66.1 cm³/mol. The zero-order valence-electron chi connectivity index (χ0n) is 10.1. The van der Waals surface area contributed by atoms with E-state index in [4.69, 9.17) is 5.39 Å². The number of hydrogen-bond acceptors (Lipinski definition) is 2. The van der Waals surface area contributed by atoms with Gasteiger partial charge in [-0.25, -0.2) is 0 Å². The van der Waals surface area contributed by atoms with Crippen LogP contribution in [-0.2, 0) is 6.18 Å². The van der Waals surface area contributed by atoms with E-state index in [2.05, 4.69) is 4.98 Å². The van der Waals surface area contributed by atoms with Gasteiger partial charge in [-0.2, -0.15) is 13.2 Å². The van der Waals surface area contributed by atoms with Gasteiger partial charge in [0.05, 0.1) is 5.56 Å². The van der Waals surface area contributed by atoms with Crippen molar-refractivity contribution in [3.8, 4) is 0 Å². The van der Waals surface area contributed by atoms with E-state index in [1.807, 2.05) is 0 Å². The van der Waals surface area contributed by atoms with E-state index in [-0.39, 0.29) is 16.8 Å². The second-order valence-corrected chi connectivity index (χ2v) is 4.02. The lowest BCUT2D eigenvalue weighted by atomic mass is 9.99. The van der Waals surface area contributed by atoms with Gasteiger partial charge in [0.2, 0.25) is 11.2 Å². The van der Waals surface area contributed by atoms with Crippen molar-refractivity contribution >= 4 is 11.5 Å². The molecule has 0 bridgehead atoms. The molecular weight excluding hydrogens is 269 g/mol. The molecule has 0 fully saturated rings. The molecule has 0 spiro atoms. The number of carbonyl (C=O) groups is 1. The van der Waals surface area contributed by atoms with Gasteiger partial charge in [-0.15, -0.1) is 0 Å². The molecule has 2 aromatic rings. The Hall–Kier alpha value is -2.68. The van der Waals surface area contributed by atoms with E-state index >= 15 is 0 Å². The first kappa shape index (κ1) is 13.7. The van der Waals surface area contributed by atoms with Crippen LogP contribution in [0.1, 0.15) is 21.5 Å². The average molecular weight is 277 g/mol. The topological polar surface area (TPSA) is 45.2 Å². The number of rotatable bonds is 2. The summed E-state index contributed by atoms with van der Waals surface area (Å²) in [6, 6.07) is 10.2. The van der Waals surface area contributed by atoms with E-state index in [1.54, 1.807) is 18.2 Å². The summed E-state index contributed by atoms with van der Waals surface area (Å²) in [5, 5.41) is 8.80. The molecule has 0 N–H and O–H groups in total. The lowest BCUT2D eigenvalue weighted by Crippen LogP contribution is -2.08. The largest absolute Gasteiger partial charge is 0.416 e. The molecule has 0 amide bonds. The number of nitrogens with zero attached hydrogens (tertiary/aromatic N) is 2. The SMILES string of the molecule is N#[N+]c1ccc(C(F)(F)F)cc1C(=O)c1ccccc1. The van der Waals surface area contributed by atoms with Gasteiger partial charge < -0.3 is 0 Å². The molecule has 0 saturated carbocycles. The van der Waals surface area contributed by atoms with Crippen molar-refractivity contribution in [1.82, 2.24) is 0 Å². The first-order valence-electron chi connectivity index (χ1n) is 5.59. The van der Waals surface area contributed by atoms with Crippen molar-refractivity contribution in [2.75, 3.05) is 0 Å². The van der Waals surface area contributed by atoms with Crippen LogP contribution in [0.2, 0.25) is 0 Å². The quantitative estimate of drug-likeness (QED) is 0.602. The molecule has 0 saturated heterocycles. The van der Waals surface area contributed by atoms with Crippen LogP contribution in [-0.4, -0.2) is 5.78 Å². The minimum absolute atomic E-state index is 0.202. The molecule has 2 aromatic carbocycles. The van der Waals surface area contributed by atoms with E-state index in [1.165, 1.54) is 12.1 Å². The zero-order chi connectivity index (χ0) is 14.8. The molecule has 0 aliphatic heterocycles. The Bertz CT molecular complexity index is 688. The molecule has 3 nitrogen and oxygen atoms in total. The highest BCUT2D eigenvalue weighted by atomic mass is 19.4. The summed E-state index contributed by atoms with van der Waals surface area (Å²) in [6.07, 6.45) is -4.57. The van der Waals surface area contributed by atoms with Crippen molar-refractivity contribution in [2.45, 2.75) is 6.18 Å². The number of ketones is 1. The molecule has 20 heavy (non-hydrogen) atoms. The lowest BCUT2D eigenvalue weighted by molar-refractivity contribution is -0.137. The summed E-state index contributed by atoms with van der Waals surface area (Å²) >= 11 is 0. The molecule has 0 radical (unpaired) electrons. The van der Waals surface area contributed by atoms with Crippen LogP contribution in [0.25, 0.3) is 4.98 Å². The summed E-state index contributed by atoms with van der Waals surface area (Å²) < 4.78 is 38.0. The minimum Gasteiger partial charge on any atom is -0.288 e. The Morgan fingerprint density at radius 2 is 1.70 bits per heavy atom. The highest BCUT2D eigenvalue weighted by molar-refractivity contribution is 6.12. The number of benzene rings is 2. The third-order valence-corrected chi connectivity index (χ3v) is 2.71. The number of hydrogen-bond donors (Lipinski definition) is 0. The normalized spacial score (nSPS) is 10.9. The van der Waals surface area contributed by atoms with Gasteiger partial charge in [-0.3, -0.25) is 4.79 Å². The van der Waals surface area contributed by atoms with Gasteiger partial charge in [0.1, 0.15) is 5.56 Å². The minimum atomic E-state index is -4.57. The van der Waals surface area contributed by atoms with Gasteiger partial charge in [0.15, 0.2) is 4.98 Å². The Morgan fingerprint density at radius 1 is 1.05 bits per heavy atom. The van der Waals surface area contributed by atoms with E-state index < -0.39 is 17.5 Å². The summed E-state index contributed by atoms with van der Waals surface area (Å²) in [6.45, 7) is 0. The lowest BCUT2D eigenvalue weighted by Gasteiger charge is -2.06. The maximum Gasteiger partial charge on any atom is 0.416 e. The van der Waals surface area contributed by atoms with Crippen LogP contribution in [0.4, 0.5) is 18.9 Å². The molecule has 0 aliphatic rings. The Labute approximate surface area is 112 Å². The fourth-order valence-corrected chi connectivity index (χ4v) is 1.73. The molecule has 0 aromatic heterocycles. The van der Waals surface area contributed by atoms with E-state index in [9.17, 15) is 18.0 Å². The Morgan fingerprint density at radius 3 is 2.25 bits per heavy atom. The first-order valence-corrected chi connectivity index (χ1v) is 5.59.